The van der Waals surface area contributed by atoms with Gasteiger partial charge in [-0.2, -0.15) is 0 Å². The molecule has 0 spiro atoms. The van der Waals surface area contributed by atoms with Crippen LogP contribution in [0.15, 0.2) is 0 Å². The number of rotatable bonds is 7. The molecule has 0 aliphatic carbocycles. The lowest BCUT2D eigenvalue weighted by Crippen LogP contribution is -2.37. The van der Waals surface area contributed by atoms with Gasteiger partial charge in [0, 0.05) is 20.2 Å². The van der Waals surface area contributed by atoms with E-state index in [9.17, 15) is 0 Å². The van der Waals surface area contributed by atoms with Crippen LogP contribution in [0.3, 0.4) is 0 Å². The summed E-state index contributed by atoms with van der Waals surface area (Å²) >= 11 is 0. The first kappa shape index (κ1) is 12.8. The molecule has 0 heterocycles. The maximum absolute atomic E-state index is 5.59. The van der Waals surface area contributed by atoms with E-state index >= 15 is 0 Å². The highest BCUT2D eigenvalue weighted by molar-refractivity contribution is 4.66. The van der Waals surface area contributed by atoms with Crippen molar-refractivity contribution in [2.75, 3.05) is 20.2 Å². The Morgan fingerprint density at radius 1 is 1.23 bits per heavy atom. The lowest BCUT2D eigenvalue weighted by atomic mass is 10.0. The average Bonchev–Trinajstić information content (AvgIpc) is 2.19. The fraction of sp³-hybridized carbons (Fsp3) is 1.00. The second-order valence-electron chi connectivity index (χ2n) is 3.20. The first-order valence-corrected chi connectivity index (χ1v) is 4.77. The van der Waals surface area contributed by atoms with E-state index in [1.165, 1.54) is 0 Å². The molecule has 0 saturated heterocycles. The summed E-state index contributed by atoms with van der Waals surface area (Å²) in [5, 5.41) is 0. The summed E-state index contributed by atoms with van der Waals surface area (Å²) in [7, 11) is 1.59. The van der Waals surface area contributed by atoms with Gasteiger partial charge in [-0.1, -0.05) is 20.3 Å². The summed E-state index contributed by atoms with van der Waals surface area (Å²) in [5.74, 6) is 0.439. The van der Waals surface area contributed by atoms with Crippen molar-refractivity contribution in [1.29, 1.82) is 0 Å². The molecule has 0 aromatic heterocycles. The predicted octanol–water partition coefficient (Wildman–Crippen LogP) is 0.308. The van der Waals surface area contributed by atoms with E-state index in [0.717, 1.165) is 6.42 Å². The van der Waals surface area contributed by atoms with Gasteiger partial charge in [0.25, 0.3) is 0 Å². The van der Waals surface area contributed by atoms with Gasteiger partial charge in [0.15, 0.2) is 6.29 Å². The van der Waals surface area contributed by atoms with Crippen LogP contribution in [0, 0.1) is 5.92 Å². The zero-order chi connectivity index (χ0) is 10.3. The molecule has 3 atom stereocenters. The average molecular weight is 190 g/mol. The first-order chi connectivity index (χ1) is 6.19. The summed E-state index contributed by atoms with van der Waals surface area (Å²) in [6.07, 6.45) is 0.754. The van der Waals surface area contributed by atoms with E-state index in [-0.39, 0.29) is 12.4 Å². The third kappa shape index (κ3) is 4.57. The lowest BCUT2D eigenvalue weighted by molar-refractivity contribution is -0.158. The van der Waals surface area contributed by atoms with Gasteiger partial charge >= 0.3 is 0 Å². The van der Waals surface area contributed by atoms with Crippen molar-refractivity contribution < 1.29 is 9.47 Å². The molecule has 0 aliphatic rings. The standard InChI is InChI=1S/C9H22N2O2/c1-4-7(2)8(5-10)13-9(6-11)12-3/h7-9H,4-6,10-11H2,1-3H3. The molecule has 0 aliphatic heterocycles. The van der Waals surface area contributed by atoms with Crippen molar-refractivity contribution >= 4 is 0 Å². The van der Waals surface area contributed by atoms with Crippen molar-refractivity contribution in [3.63, 3.8) is 0 Å². The Hall–Kier alpha value is -0.160. The van der Waals surface area contributed by atoms with Gasteiger partial charge in [-0.15, -0.1) is 0 Å². The van der Waals surface area contributed by atoms with Crippen LogP contribution in [0.2, 0.25) is 0 Å². The van der Waals surface area contributed by atoms with Gasteiger partial charge in [0.2, 0.25) is 0 Å². The minimum absolute atomic E-state index is 0.0403. The van der Waals surface area contributed by atoms with Gasteiger partial charge in [-0.3, -0.25) is 0 Å². The zero-order valence-corrected chi connectivity index (χ0v) is 8.82. The molecule has 13 heavy (non-hydrogen) atoms. The van der Waals surface area contributed by atoms with Crippen LogP contribution < -0.4 is 11.5 Å². The quantitative estimate of drug-likeness (QED) is 0.567. The topological polar surface area (TPSA) is 70.5 Å². The van der Waals surface area contributed by atoms with Crippen LogP contribution in [0.4, 0.5) is 0 Å². The zero-order valence-electron chi connectivity index (χ0n) is 8.82. The minimum atomic E-state index is -0.331. The van der Waals surface area contributed by atoms with Crippen molar-refractivity contribution in [1.82, 2.24) is 0 Å². The number of hydrogen-bond acceptors (Lipinski definition) is 4. The van der Waals surface area contributed by atoms with Gasteiger partial charge < -0.3 is 20.9 Å². The Balaban J connectivity index is 3.94. The van der Waals surface area contributed by atoms with Crippen LogP contribution >= 0.6 is 0 Å². The molecule has 80 valence electrons. The molecule has 4 nitrogen and oxygen atoms in total. The maximum atomic E-state index is 5.59. The molecule has 0 amide bonds. The summed E-state index contributed by atoms with van der Waals surface area (Å²) < 4.78 is 10.6. The number of ether oxygens (including phenoxy) is 2. The SMILES string of the molecule is CCC(C)C(CN)OC(CN)OC. The Labute approximate surface area is 80.6 Å². The largest absolute Gasteiger partial charge is 0.355 e. The third-order valence-corrected chi connectivity index (χ3v) is 2.29. The molecule has 0 radical (unpaired) electrons. The van der Waals surface area contributed by atoms with Gasteiger partial charge in [-0.25, -0.2) is 0 Å². The summed E-state index contributed by atoms with van der Waals surface area (Å²) in [6.45, 7) is 5.10. The maximum Gasteiger partial charge on any atom is 0.169 e. The monoisotopic (exact) mass is 190 g/mol. The minimum Gasteiger partial charge on any atom is -0.355 e. The number of hydrogen-bond donors (Lipinski definition) is 2. The Kier molecular flexibility index (Phi) is 7.17. The Bertz CT molecular complexity index is 118. The highest BCUT2D eigenvalue weighted by Crippen LogP contribution is 2.12. The van der Waals surface area contributed by atoms with Crippen LogP contribution in [0.25, 0.3) is 0 Å². The van der Waals surface area contributed by atoms with E-state index in [4.69, 9.17) is 20.9 Å². The molecule has 4 heteroatoms. The molecule has 0 rings (SSSR count). The second-order valence-corrected chi connectivity index (χ2v) is 3.20. The molecule has 0 aromatic carbocycles. The smallest absolute Gasteiger partial charge is 0.169 e. The highest BCUT2D eigenvalue weighted by Gasteiger charge is 2.18. The van der Waals surface area contributed by atoms with E-state index in [0.29, 0.717) is 19.0 Å². The summed E-state index contributed by atoms with van der Waals surface area (Å²) in [5.41, 5.74) is 11.0. The first-order valence-electron chi connectivity index (χ1n) is 4.77. The fourth-order valence-electron chi connectivity index (χ4n) is 1.09. The van der Waals surface area contributed by atoms with E-state index in [2.05, 4.69) is 13.8 Å². The lowest BCUT2D eigenvalue weighted by Gasteiger charge is -2.26. The molecule has 0 bridgehead atoms. The van der Waals surface area contributed by atoms with Crippen molar-refractivity contribution in [3.8, 4) is 0 Å². The van der Waals surface area contributed by atoms with Crippen molar-refractivity contribution in [3.05, 3.63) is 0 Å². The third-order valence-electron chi connectivity index (χ3n) is 2.29. The molecule has 0 fully saturated rings. The van der Waals surface area contributed by atoms with Crippen molar-refractivity contribution in [2.45, 2.75) is 32.7 Å². The van der Waals surface area contributed by atoms with Gasteiger partial charge in [0.05, 0.1) is 6.10 Å². The van der Waals surface area contributed by atoms with Crippen LogP contribution in [0.5, 0.6) is 0 Å². The van der Waals surface area contributed by atoms with Crippen molar-refractivity contribution in [2.24, 2.45) is 17.4 Å². The predicted molar refractivity (Wildman–Crippen MR) is 53.2 cm³/mol. The van der Waals surface area contributed by atoms with Crippen LogP contribution in [0.1, 0.15) is 20.3 Å². The molecular formula is C9H22N2O2. The van der Waals surface area contributed by atoms with E-state index in [1.54, 1.807) is 7.11 Å². The number of nitrogens with two attached hydrogens (primary N) is 2. The second kappa shape index (κ2) is 7.26. The molecule has 0 saturated carbocycles. The fourth-order valence-corrected chi connectivity index (χ4v) is 1.09. The highest BCUT2D eigenvalue weighted by atomic mass is 16.7. The van der Waals surface area contributed by atoms with Gasteiger partial charge in [0.1, 0.15) is 0 Å². The normalized spacial score (nSPS) is 18.2. The van der Waals surface area contributed by atoms with E-state index in [1.807, 2.05) is 0 Å². The molecule has 4 N–H and O–H groups in total. The van der Waals surface area contributed by atoms with E-state index < -0.39 is 0 Å². The Morgan fingerprint density at radius 3 is 2.15 bits per heavy atom. The number of methoxy groups -OCH3 is 1. The molecule has 3 unspecified atom stereocenters. The van der Waals surface area contributed by atoms with Crippen LogP contribution in [-0.4, -0.2) is 32.6 Å². The molecule has 0 aromatic rings. The van der Waals surface area contributed by atoms with Gasteiger partial charge in [-0.05, 0) is 5.92 Å². The molecular weight excluding hydrogens is 168 g/mol. The summed E-state index contributed by atoms with van der Waals surface area (Å²) in [6, 6.07) is 0. The Morgan fingerprint density at radius 2 is 1.85 bits per heavy atom. The summed E-state index contributed by atoms with van der Waals surface area (Å²) in [4.78, 5) is 0. The van der Waals surface area contributed by atoms with Crippen LogP contribution in [-0.2, 0) is 9.47 Å².